The minimum Gasteiger partial charge on any atom is -0.494 e. The van der Waals surface area contributed by atoms with Crippen molar-refractivity contribution < 1.29 is 18.1 Å². The van der Waals surface area contributed by atoms with Gasteiger partial charge in [-0.15, -0.1) is 0 Å². The summed E-state index contributed by atoms with van der Waals surface area (Å²) in [5, 5.41) is 11.9. The second-order valence-electron chi connectivity index (χ2n) is 12.0. The first kappa shape index (κ1) is 31.5. The average Bonchev–Trinajstić information content (AvgIpc) is 3.75. The zero-order valence-corrected chi connectivity index (χ0v) is 27.7. The van der Waals surface area contributed by atoms with Crippen LogP contribution < -0.4 is 25.6 Å². The smallest absolute Gasteiger partial charge is 0.333 e. The third kappa shape index (κ3) is 6.02. The van der Waals surface area contributed by atoms with E-state index in [0.717, 1.165) is 31.9 Å². The van der Waals surface area contributed by atoms with Crippen LogP contribution in [0, 0.1) is 0 Å². The van der Waals surface area contributed by atoms with E-state index in [1.165, 1.54) is 12.4 Å². The van der Waals surface area contributed by atoms with Crippen molar-refractivity contribution in [2.45, 2.75) is 6.55 Å². The van der Waals surface area contributed by atoms with Gasteiger partial charge in [0.2, 0.25) is 5.95 Å². The number of piperazine rings is 1. The van der Waals surface area contributed by atoms with Crippen LogP contribution in [0.15, 0.2) is 61.3 Å². The molecule has 1 saturated heterocycles. The summed E-state index contributed by atoms with van der Waals surface area (Å²) < 4.78 is 47.1. The van der Waals surface area contributed by atoms with Gasteiger partial charge in [-0.1, -0.05) is 0 Å². The molecule has 2 aromatic carbocycles. The number of methoxy groups -OCH3 is 1. The van der Waals surface area contributed by atoms with Gasteiger partial charge in [-0.05, 0) is 44.6 Å². The number of anilines is 5. The quantitative estimate of drug-likeness (QED) is 0.164. The highest BCUT2D eigenvalue weighted by atomic mass is 31.2. The van der Waals surface area contributed by atoms with Crippen LogP contribution in [0.25, 0.3) is 33.2 Å². The SMILES string of the molecule is COc1cc(N2CCN(C)CC2)c(-c2cnn(C(F)F)c2)cc1Nc1nc(Nc2ccc3nccnc3c2P(C)(C)=O)c2cc[nH]c2n1. The lowest BCUT2D eigenvalue weighted by atomic mass is 10.0. The molecule has 16 heteroatoms. The first-order valence-corrected chi connectivity index (χ1v) is 17.9. The Morgan fingerprint density at radius 1 is 1.00 bits per heavy atom. The minimum absolute atomic E-state index is 0.241. The summed E-state index contributed by atoms with van der Waals surface area (Å²) in [4.78, 5) is 26.0. The number of nitrogens with one attached hydrogen (secondary N) is 3. The average molecular weight is 674 g/mol. The van der Waals surface area contributed by atoms with Crippen LogP contribution in [-0.4, -0.2) is 93.3 Å². The molecule has 1 aliphatic heterocycles. The maximum atomic E-state index is 13.6. The third-order valence-electron chi connectivity index (χ3n) is 8.34. The first-order chi connectivity index (χ1) is 23.1. The molecule has 7 rings (SSSR count). The highest BCUT2D eigenvalue weighted by Gasteiger charge is 2.25. The second kappa shape index (κ2) is 12.5. The molecular weight excluding hydrogens is 639 g/mol. The molecule has 0 saturated carbocycles. The van der Waals surface area contributed by atoms with Crippen LogP contribution in [-0.2, 0) is 4.57 Å². The maximum absolute atomic E-state index is 13.6. The van der Waals surface area contributed by atoms with Gasteiger partial charge in [-0.2, -0.15) is 23.8 Å². The minimum atomic E-state index is -2.83. The second-order valence-corrected chi connectivity index (χ2v) is 15.1. The Bertz CT molecular complexity index is 2170. The first-order valence-electron chi connectivity index (χ1n) is 15.3. The topological polar surface area (TPSA) is 142 Å². The van der Waals surface area contributed by atoms with E-state index in [0.29, 0.717) is 66.1 Å². The van der Waals surface area contributed by atoms with Crippen molar-refractivity contribution in [2.75, 3.05) is 69.2 Å². The van der Waals surface area contributed by atoms with E-state index >= 15 is 0 Å². The van der Waals surface area contributed by atoms with Crippen molar-refractivity contribution in [1.82, 2.24) is 39.6 Å². The number of benzene rings is 2. The standard InChI is InChI=1S/C32H34F2N11O2P/c1-43-11-13-44(14-12-43)25-16-26(47-2)24(15-21(25)19-17-38-45(18-19)31(33)34)40-32-41-29-20(7-8-37-29)30(42-32)39-23-6-5-22-27(36-10-9-35-22)28(23)48(3,4)46/h5-10,15-18,31H,11-14H2,1-4H3,(H3,37,39,40,41,42). The molecule has 3 N–H and O–H groups in total. The summed E-state index contributed by atoms with van der Waals surface area (Å²) in [6, 6.07) is 9.24. The van der Waals surface area contributed by atoms with Gasteiger partial charge in [0.15, 0.2) is 0 Å². The van der Waals surface area contributed by atoms with Crippen LogP contribution in [0.2, 0.25) is 0 Å². The molecule has 0 atom stereocenters. The van der Waals surface area contributed by atoms with E-state index in [1.807, 2.05) is 30.3 Å². The van der Waals surface area contributed by atoms with Gasteiger partial charge in [0.1, 0.15) is 29.9 Å². The van der Waals surface area contributed by atoms with E-state index in [9.17, 15) is 13.3 Å². The zero-order chi connectivity index (χ0) is 33.6. The van der Waals surface area contributed by atoms with E-state index in [2.05, 4.69) is 47.5 Å². The van der Waals surface area contributed by atoms with E-state index in [4.69, 9.17) is 14.7 Å². The Labute approximate surface area is 274 Å². The molecule has 0 radical (unpaired) electrons. The number of likely N-dealkylation sites (N-methyl/N-ethyl adjacent to an activating group) is 1. The van der Waals surface area contributed by atoms with Crippen molar-refractivity contribution in [3.8, 4) is 16.9 Å². The highest BCUT2D eigenvalue weighted by Crippen LogP contribution is 2.43. The van der Waals surface area contributed by atoms with Crippen LogP contribution in [0.1, 0.15) is 6.55 Å². The van der Waals surface area contributed by atoms with E-state index in [-0.39, 0.29) is 5.95 Å². The Morgan fingerprint density at radius 3 is 2.52 bits per heavy atom. The molecule has 0 spiro atoms. The number of halogens is 2. The van der Waals surface area contributed by atoms with E-state index in [1.54, 1.807) is 39.0 Å². The molecule has 0 bridgehead atoms. The number of aromatic amines is 1. The van der Waals surface area contributed by atoms with Gasteiger partial charge in [-0.3, -0.25) is 9.97 Å². The molecule has 0 aliphatic carbocycles. The summed E-state index contributed by atoms with van der Waals surface area (Å²) in [6.45, 7) is 3.86. The number of H-pyrrole nitrogens is 1. The maximum Gasteiger partial charge on any atom is 0.333 e. The van der Waals surface area contributed by atoms with Gasteiger partial charge in [-0.25, -0.2) is 4.68 Å². The van der Waals surface area contributed by atoms with Gasteiger partial charge in [0.05, 0.1) is 40.9 Å². The molecule has 1 aliphatic rings. The van der Waals surface area contributed by atoms with Crippen LogP contribution >= 0.6 is 7.14 Å². The number of rotatable bonds is 9. The number of fused-ring (bicyclic) bond motifs is 2. The van der Waals surface area contributed by atoms with Crippen LogP contribution in [0.5, 0.6) is 5.75 Å². The Morgan fingerprint density at radius 2 is 1.79 bits per heavy atom. The fourth-order valence-electron chi connectivity index (χ4n) is 5.97. The van der Waals surface area contributed by atoms with Gasteiger partial charge in [0.25, 0.3) is 0 Å². The summed E-state index contributed by atoms with van der Waals surface area (Å²) in [6.07, 6.45) is 7.72. The normalized spacial score (nSPS) is 14.3. The lowest BCUT2D eigenvalue weighted by Crippen LogP contribution is -2.44. The predicted octanol–water partition coefficient (Wildman–Crippen LogP) is 5.66. The lowest BCUT2D eigenvalue weighted by molar-refractivity contribution is 0.0566. The number of hydrogen-bond acceptors (Lipinski definition) is 11. The number of aromatic nitrogens is 7. The van der Waals surface area contributed by atoms with Crippen molar-refractivity contribution in [1.29, 1.82) is 0 Å². The molecule has 248 valence electrons. The molecular formula is C32H34F2N11O2P. The highest BCUT2D eigenvalue weighted by molar-refractivity contribution is 7.71. The molecule has 0 amide bonds. The fraction of sp³-hybridized carbons (Fsp3) is 0.281. The Kier molecular flexibility index (Phi) is 8.17. The fourth-order valence-corrected chi connectivity index (χ4v) is 7.36. The summed E-state index contributed by atoms with van der Waals surface area (Å²) in [5.41, 5.74) is 4.96. The molecule has 4 aromatic heterocycles. The molecule has 0 unspecified atom stereocenters. The number of hydrogen-bond donors (Lipinski definition) is 3. The summed E-state index contributed by atoms with van der Waals surface area (Å²) in [5.74, 6) is 1.23. The monoisotopic (exact) mass is 673 g/mol. The molecule has 6 aromatic rings. The van der Waals surface area contributed by atoms with Crippen LogP contribution in [0.3, 0.4) is 0 Å². The van der Waals surface area contributed by atoms with Crippen molar-refractivity contribution >= 4 is 63.3 Å². The third-order valence-corrected chi connectivity index (χ3v) is 9.87. The summed E-state index contributed by atoms with van der Waals surface area (Å²) >= 11 is 0. The number of nitrogens with zero attached hydrogens (tertiary/aromatic N) is 8. The molecule has 13 nitrogen and oxygen atoms in total. The number of alkyl halides is 2. The number of ether oxygens (including phenoxy) is 1. The van der Waals surface area contributed by atoms with Crippen LogP contribution in [0.4, 0.5) is 37.6 Å². The Balaban J connectivity index is 1.31. The van der Waals surface area contributed by atoms with Crippen molar-refractivity contribution in [3.05, 3.63) is 61.3 Å². The van der Waals surface area contributed by atoms with E-state index < -0.39 is 13.7 Å². The van der Waals surface area contributed by atoms with Gasteiger partial charge < -0.3 is 34.7 Å². The molecule has 1 fully saturated rings. The van der Waals surface area contributed by atoms with Crippen molar-refractivity contribution in [2.24, 2.45) is 0 Å². The Hall–Kier alpha value is -5.14. The zero-order valence-electron chi connectivity index (χ0n) is 26.8. The van der Waals surface area contributed by atoms with Gasteiger partial charge >= 0.3 is 6.55 Å². The molecule has 48 heavy (non-hydrogen) atoms. The van der Waals surface area contributed by atoms with Crippen molar-refractivity contribution in [3.63, 3.8) is 0 Å². The molecule has 5 heterocycles. The lowest BCUT2D eigenvalue weighted by Gasteiger charge is -2.35. The largest absolute Gasteiger partial charge is 0.494 e. The predicted molar refractivity (Wildman–Crippen MR) is 184 cm³/mol. The van der Waals surface area contributed by atoms with Gasteiger partial charge in [0, 0.05) is 73.8 Å². The summed E-state index contributed by atoms with van der Waals surface area (Å²) in [7, 11) is 0.813.